The van der Waals surface area contributed by atoms with E-state index in [-0.39, 0.29) is 12.0 Å². The number of rotatable bonds is 3. The maximum Gasteiger partial charge on any atom is 0.322 e. The van der Waals surface area contributed by atoms with E-state index in [1.165, 1.54) is 7.11 Å². The number of esters is 1. The van der Waals surface area contributed by atoms with Gasteiger partial charge in [-0.3, -0.25) is 9.69 Å². The second-order valence-corrected chi connectivity index (χ2v) is 5.27. The molecule has 1 aromatic rings. The molecule has 6 nitrogen and oxygen atoms in total. The summed E-state index contributed by atoms with van der Waals surface area (Å²) >= 11 is 0. The number of hydrogen-bond donors (Lipinski definition) is 0. The van der Waals surface area contributed by atoms with Crippen molar-refractivity contribution < 1.29 is 9.53 Å². The fraction of sp³-hybridized carbons (Fsp3) is 0.769. The van der Waals surface area contributed by atoms with Gasteiger partial charge in [0.2, 0.25) is 0 Å². The normalized spacial score (nSPS) is 17.9. The Bertz CT molecular complexity index is 455. The zero-order valence-electron chi connectivity index (χ0n) is 12.1. The monoisotopic (exact) mass is 266 g/mol. The van der Waals surface area contributed by atoms with Gasteiger partial charge in [-0.05, 0) is 6.92 Å². The number of carbonyl (C=O) groups is 1. The minimum Gasteiger partial charge on any atom is -0.468 e. The number of hydrogen-bond acceptors (Lipinski definition) is 5. The third kappa shape index (κ3) is 2.78. The van der Waals surface area contributed by atoms with Crippen LogP contribution in [-0.4, -0.2) is 51.9 Å². The van der Waals surface area contributed by atoms with Gasteiger partial charge >= 0.3 is 5.97 Å². The average Bonchev–Trinajstić information content (AvgIpc) is 2.70. The van der Waals surface area contributed by atoms with E-state index in [0.29, 0.717) is 5.92 Å². The number of fused-ring (bicyclic) bond motifs is 1. The van der Waals surface area contributed by atoms with E-state index in [4.69, 9.17) is 4.74 Å². The van der Waals surface area contributed by atoms with Crippen LogP contribution in [0.25, 0.3) is 0 Å². The highest BCUT2D eigenvalue weighted by Crippen LogP contribution is 2.17. The molecule has 1 unspecified atom stereocenters. The van der Waals surface area contributed by atoms with Crippen LogP contribution in [0.1, 0.15) is 38.3 Å². The van der Waals surface area contributed by atoms with Gasteiger partial charge in [-0.1, -0.05) is 13.8 Å². The van der Waals surface area contributed by atoms with Crippen LogP contribution in [-0.2, 0) is 22.5 Å². The maximum absolute atomic E-state index is 11.6. The van der Waals surface area contributed by atoms with Crippen molar-refractivity contribution in [2.45, 2.75) is 45.7 Å². The lowest BCUT2D eigenvalue weighted by Gasteiger charge is -2.25. The number of ether oxygens (including phenoxy) is 1. The minimum absolute atomic E-state index is 0.179. The topological polar surface area (TPSA) is 60.2 Å². The summed E-state index contributed by atoms with van der Waals surface area (Å²) in [5, 5.41) is 8.53. The first-order chi connectivity index (χ1) is 9.04. The van der Waals surface area contributed by atoms with Gasteiger partial charge in [0.05, 0.1) is 7.11 Å². The molecule has 106 valence electrons. The van der Waals surface area contributed by atoms with Crippen LogP contribution in [0.2, 0.25) is 0 Å². The highest BCUT2D eigenvalue weighted by molar-refractivity contribution is 5.75. The summed E-state index contributed by atoms with van der Waals surface area (Å²) < 4.78 is 7.00. The van der Waals surface area contributed by atoms with Crippen molar-refractivity contribution in [2.75, 3.05) is 20.2 Å². The lowest BCUT2D eigenvalue weighted by atomic mass is 10.2. The molecule has 6 heteroatoms. The molecule has 0 N–H and O–H groups in total. The smallest absolute Gasteiger partial charge is 0.322 e. The van der Waals surface area contributed by atoms with Gasteiger partial charge in [-0.2, -0.15) is 0 Å². The SMILES string of the molecule is COC(=O)C(C)N1CCc2nnc(C(C)C)n2CC1. The molecule has 1 aliphatic heterocycles. The first kappa shape index (κ1) is 14.0. The standard InChI is InChI=1S/C13H22N4O2/c1-9(2)12-15-14-11-5-6-16(7-8-17(11)12)10(3)13(18)19-4/h9-10H,5-8H2,1-4H3. The lowest BCUT2D eigenvalue weighted by Crippen LogP contribution is -2.41. The highest BCUT2D eigenvalue weighted by Gasteiger charge is 2.26. The first-order valence-corrected chi connectivity index (χ1v) is 6.78. The van der Waals surface area contributed by atoms with Crippen molar-refractivity contribution >= 4 is 5.97 Å². The molecule has 19 heavy (non-hydrogen) atoms. The van der Waals surface area contributed by atoms with Crippen molar-refractivity contribution in [1.29, 1.82) is 0 Å². The van der Waals surface area contributed by atoms with Gasteiger partial charge in [0.15, 0.2) is 0 Å². The van der Waals surface area contributed by atoms with E-state index in [1.54, 1.807) is 0 Å². The molecule has 0 fully saturated rings. The second kappa shape index (κ2) is 5.69. The third-order valence-corrected chi connectivity index (χ3v) is 3.70. The third-order valence-electron chi connectivity index (χ3n) is 3.70. The molecule has 2 rings (SSSR count). The molecule has 0 saturated heterocycles. The first-order valence-electron chi connectivity index (χ1n) is 6.78. The molecule has 0 aromatic carbocycles. The van der Waals surface area contributed by atoms with Crippen LogP contribution in [0.5, 0.6) is 0 Å². The Hall–Kier alpha value is -1.43. The average molecular weight is 266 g/mol. The summed E-state index contributed by atoms with van der Waals surface area (Å²) in [5.74, 6) is 2.23. The summed E-state index contributed by atoms with van der Waals surface area (Å²) in [6.07, 6.45) is 0.820. The van der Waals surface area contributed by atoms with Crippen LogP contribution in [0.3, 0.4) is 0 Å². The Labute approximate surface area is 113 Å². The Kier molecular flexibility index (Phi) is 4.19. The van der Waals surface area contributed by atoms with Crippen molar-refractivity contribution in [3.63, 3.8) is 0 Å². The molecule has 1 aliphatic rings. The van der Waals surface area contributed by atoms with Crippen molar-refractivity contribution in [3.05, 3.63) is 11.6 Å². The number of carbonyl (C=O) groups excluding carboxylic acids is 1. The number of aromatic nitrogens is 3. The van der Waals surface area contributed by atoms with Gasteiger partial charge in [-0.15, -0.1) is 10.2 Å². The van der Waals surface area contributed by atoms with E-state index >= 15 is 0 Å². The zero-order chi connectivity index (χ0) is 14.0. The number of methoxy groups -OCH3 is 1. The quantitative estimate of drug-likeness (QED) is 0.758. The van der Waals surface area contributed by atoms with E-state index in [1.807, 2.05) is 6.92 Å². The Morgan fingerprint density at radius 3 is 2.58 bits per heavy atom. The molecule has 0 aliphatic carbocycles. The van der Waals surface area contributed by atoms with Crippen LogP contribution in [0.15, 0.2) is 0 Å². The molecule has 0 spiro atoms. The summed E-state index contributed by atoms with van der Waals surface area (Å²) in [4.78, 5) is 13.8. The molecule has 1 atom stereocenters. The molecular weight excluding hydrogens is 244 g/mol. The van der Waals surface area contributed by atoms with Gasteiger partial charge < -0.3 is 9.30 Å². The van der Waals surface area contributed by atoms with Gasteiger partial charge in [-0.25, -0.2) is 0 Å². The fourth-order valence-corrected chi connectivity index (χ4v) is 2.50. The highest BCUT2D eigenvalue weighted by atomic mass is 16.5. The van der Waals surface area contributed by atoms with Crippen molar-refractivity contribution in [1.82, 2.24) is 19.7 Å². The van der Waals surface area contributed by atoms with E-state index in [9.17, 15) is 4.79 Å². The summed E-state index contributed by atoms with van der Waals surface area (Å²) in [6.45, 7) is 8.60. The minimum atomic E-state index is -0.204. The van der Waals surface area contributed by atoms with Crippen LogP contribution in [0, 0.1) is 0 Å². The second-order valence-electron chi connectivity index (χ2n) is 5.27. The van der Waals surface area contributed by atoms with Gasteiger partial charge in [0, 0.05) is 32.0 Å². The summed E-state index contributed by atoms with van der Waals surface area (Å²) in [5.41, 5.74) is 0. The summed E-state index contributed by atoms with van der Waals surface area (Å²) in [7, 11) is 1.43. The van der Waals surface area contributed by atoms with Crippen molar-refractivity contribution in [3.8, 4) is 0 Å². The van der Waals surface area contributed by atoms with Gasteiger partial charge in [0.25, 0.3) is 0 Å². The summed E-state index contributed by atoms with van der Waals surface area (Å²) in [6, 6.07) is -0.204. The lowest BCUT2D eigenvalue weighted by molar-refractivity contribution is -0.146. The predicted molar refractivity (Wildman–Crippen MR) is 70.9 cm³/mol. The molecule has 2 heterocycles. The molecule has 0 amide bonds. The predicted octanol–water partition coefficient (Wildman–Crippen LogP) is 0.821. The Morgan fingerprint density at radius 1 is 1.21 bits per heavy atom. The fourth-order valence-electron chi connectivity index (χ4n) is 2.50. The zero-order valence-corrected chi connectivity index (χ0v) is 12.1. The molecule has 0 saturated carbocycles. The maximum atomic E-state index is 11.6. The number of nitrogens with zero attached hydrogens (tertiary/aromatic N) is 4. The Balaban J connectivity index is 2.11. The van der Waals surface area contributed by atoms with Crippen LogP contribution >= 0.6 is 0 Å². The van der Waals surface area contributed by atoms with Crippen molar-refractivity contribution in [2.24, 2.45) is 0 Å². The van der Waals surface area contributed by atoms with E-state index < -0.39 is 0 Å². The van der Waals surface area contributed by atoms with Crippen LogP contribution in [0.4, 0.5) is 0 Å². The van der Waals surface area contributed by atoms with E-state index in [2.05, 4.69) is 33.5 Å². The molecule has 1 aromatic heterocycles. The van der Waals surface area contributed by atoms with Gasteiger partial charge in [0.1, 0.15) is 17.7 Å². The molecule has 0 bridgehead atoms. The molecule has 0 radical (unpaired) electrons. The molecular formula is C13H22N4O2. The van der Waals surface area contributed by atoms with Crippen LogP contribution < -0.4 is 0 Å². The largest absolute Gasteiger partial charge is 0.468 e. The Morgan fingerprint density at radius 2 is 1.95 bits per heavy atom. The van der Waals surface area contributed by atoms with E-state index in [0.717, 1.165) is 37.7 Å².